The van der Waals surface area contributed by atoms with Gasteiger partial charge < -0.3 is 5.32 Å². The van der Waals surface area contributed by atoms with Crippen LogP contribution in [0.5, 0.6) is 0 Å². The Hall–Kier alpha value is -0.0400. The van der Waals surface area contributed by atoms with E-state index in [2.05, 4.69) is 26.1 Å². The van der Waals surface area contributed by atoms with Gasteiger partial charge in [-0.1, -0.05) is 34.6 Å². The summed E-state index contributed by atoms with van der Waals surface area (Å²) < 4.78 is 0. The fourth-order valence-corrected chi connectivity index (χ4v) is 1.69. The molecule has 74 valence electrons. The second-order valence-corrected chi connectivity index (χ2v) is 4.39. The normalized spacial score (nSPS) is 19.8. The number of nitrogens with one attached hydrogen (secondary N) is 1. The van der Waals surface area contributed by atoms with E-state index in [-0.39, 0.29) is 0 Å². The largest absolute Gasteiger partial charge is 0.317 e. The van der Waals surface area contributed by atoms with Crippen molar-refractivity contribution in [2.24, 2.45) is 11.3 Å². The SMILES string of the molecule is CC.CC(C)(C)C1CCNCC1. The summed E-state index contributed by atoms with van der Waals surface area (Å²) >= 11 is 0. The van der Waals surface area contributed by atoms with E-state index in [1.807, 2.05) is 13.8 Å². The lowest BCUT2D eigenvalue weighted by atomic mass is 9.76. The second kappa shape index (κ2) is 5.58. The van der Waals surface area contributed by atoms with E-state index in [1.165, 1.54) is 25.9 Å². The molecular formula is C11H25N. The van der Waals surface area contributed by atoms with Crippen LogP contribution in [0, 0.1) is 11.3 Å². The molecule has 0 radical (unpaired) electrons. The highest BCUT2D eigenvalue weighted by molar-refractivity contribution is 4.78. The fourth-order valence-electron chi connectivity index (χ4n) is 1.69. The van der Waals surface area contributed by atoms with Gasteiger partial charge in [0, 0.05) is 0 Å². The van der Waals surface area contributed by atoms with Crippen LogP contribution in [0.3, 0.4) is 0 Å². The van der Waals surface area contributed by atoms with Gasteiger partial charge >= 0.3 is 0 Å². The smallest absolute Gasteiger partial charge is 0.00461 e. The van der Waals surface area contributed by atoms with Crippen molar-refractivity contribution >= 4 is 0 Å². The molecule has 1 fully saturated rings. The summed E-state index contributed by atoms with van der Waals surface area (Å²) in [5.74, 6) is 0.939. The molecule has 0 aromatic carbocycles. The summed E-state index contributed by atoms with van der Waals surface area (Å²) in [7, 11) is 0. The van der Waals surface area contributed by atoms with E-state index < -0.39 is 0 Å². The molecule has 1 rings (SSSR count). The van der Waals surface area contributed by atoms with Gasteiger partial charge in [-0.3, -0.25) is 0 Å². The lowest BCUT2D eigenvalue weighted by Crippen LogP contribution is -2.34. The summed E-state index contributed by atoms with van der Waals surface area (Å²) in [5, 5.41) is 3.39. The molecule has 1 heterocycles. The Balaban J connectivity index is 0.000000561. The highest BCUT2D eigenvalue weighted by atomic mass is 14.9. The first-order valence-corrected chi connectivity index (χ1v) is 5.31. The van der Waals surface area contributed by atoms with E-state index >= 15 is 0 Å². The summed E-state index contributed by atoms with van der Waals surface area (Å²) in [6.07, 6.45) is 2.73. The van der Waals surface area contributed by atoms with Crippen molar-refractivity contribution in [3.05, 3.63) is 0 Å². The standard InChI is InChI=1S/C9H19N.C2H6/c1-9(2,3)8-4-6-10-7-5-8;1-2/h8,10H,4-7H2,1-3H3;1-2H3. The average Bonchev–Trinajstić information content (AvgIpc) is 2.08. The van der Waals surface area contributed by atoms with Crippen LogP contribution in [0.2, 0.25) is 0 Å². The van der Waals surface area contributed by atoms with Gasteiger partial charge in [0.05, 0.1) is 0 Å². The third-order valence-corrected chi connectivity index (χ3v) is 2.56. The Bertz CT molecular complexity index is 96.1. The molecule has 0 amide bonds. The van der Waals surface area contributed by atoms with Gasteiger partial charge in [-0.15, -0.1) is 0 Å². The fraction of sp³-hybridized carbons (Fsp3) is 1.00. The van der Waals surface area contributed by atoms with Gasteiger partial charge in [-0.2, -0.15) is 0 Å². The monoisotopic (exact) mass is 171 g/mol. The molecule has 0 aromatic rings. The van der Waals surface area contributed by atoms with E-state index in [0.717, 1.165) is 5.92 Å². The number of hydrogen-bond donors (Lipinski definition) is 1. The van der Waals surface area contributed by atoms with Gasteiger partial charge in [-0.25, -0.2) is 0 Å². The molecule has 1 nitrogen and oxygen atoms in total. The Morgan fingerprint density at radius 1 is 1.00 bits per heavy atom. The molecule has 1 aliphatic rings. The molecule has 0 saturated carbocycles. The van der Waals surface area contributed by atoms with Crippen LogP contribution in [0.1, 0.15) is 47.5 Å². The summed E-state index contributed by atoms with van der Waals surface area (Å²) in [6.45, 7) is 13.5. The van der Waals surface area contributed by atoms with Gasteiger partial charge in [0.2, 0.25) is 0 Å². The minimum absolute atomic E-state index is 0.530. The van der Waals surface area contributed by atoms with Crippen LogP contribution in [0.4, 0.5) is 0 Å². The van der Waals surface area contributed by atoms with Crippen molar-refractivity contribution in [2.75, 3.05) is 13.1 Å². The van der Waals surface area contributed by atoms with Crippen LogP contribution < -0.4 is 5.32 Å². The van der Waals surface area contributed by atoms with Gasteiger partial charge in [0.25, 0.3) is 0 Å². The van der Waals surface area contributed by atoms with E-state index in [1.54, 1.807) is 0 Å². The van der Waals surface area contributed by atoms with Crippen molar-refractivity contribution in [3.8, 4) is 0 Å². The van der Waals surface area contributed by atoms with Crippen LogP contribution in [0.15, 0.2) is 0 Å². The first-order valence-electron chi connectivity index (χ1n) is 5.31. The maximum atomic E-state index is 3.39. The van der Waals surface area contributed by atoms with Crippen LogP contribution in [0.25, 0.3) is 0 Å². The summed E-state index contributed by atoms with van der Waals surface area (Å²) in [5.41, 5.74) is 0.530. The lowest BCUT2D eigenvalue weighted by molar-refractivity contribution is 0.188. The van der Waals surface area contributed by atoms with Crippen molar-refractivity contribution in [1.82, 2.24) is 5.32 Å². The zero-order valence-electron chi connectivity index (χ0n) is 9.41. The first kappa shape index (κ1) is 12.0. The molecule has 0 aliphatic carbocycles. The number of rotatable bonds is 0. The van der Waals surface area contributed by atoms with Crippen molar-refractivity contribution < 1.29 is 0 Å². The quantitative estimate of drug-likeness (QED) is 0.590. The molecular weight excluding hydrogens is 146 g/mol. The maximum absolute atomic E-state index is 3.39. The van der Waals surface area contributed by atoms with E-state index in [9.17, 15) is 0 Å². The van der Waals surface area contributed by atoms with Gasteiger partial charge in [-0.05, 0) is 37.3 Å². The van der Waals surface area contributed by atoms with Gasteiger partial charge in [0.15, 0.2) is 0 Å². The van der Waals surface area contributed by atoms with Crippen molar-refractivity contribution in [1.29, 1.82) is 0 Å². The molecule has 1 saturated heterocycles. The molecule has 0 bridgehead atoms. The molecule has 0 aromatic heterocycles. The van der Waals surface area contributed by atoms with Crippen molar-refractivity contribution in [3.63, 3.8) is 0 Å². The lowest BCUT2D eigenvalue weighted by Gasteiger charge is -2.34. The summed E-state index contributed by atoms with van der Waals surface area (Å²) in [4.78, 5) is 0. The highest BCUT2D eigenvalue weighted by Gasteiger charge is 2.25. The average molecular weight is 171 g/mol. The Labute approximate surface area is 77.9 Å². The zero-order valence-corrected chi connectivity index (χ0v) is 9.41. The predicted molar refractivity (Wildman–Crippen MR) is 56.4 cm³/mol. The summed E-state index contributed by atoms with van der Waals surface area (Å²) in [6, 6.07) is 0. The third kappa shape index (κ3) is 4.10. The minimum Gasteiger partial charge on any atom is -0.317 e. The second-order valence-electron chi connectivity index (χ2n) is 4.39. The van der Waals surface area contributed by atoms with Crippen molar-refractivity contribution in [2.45, 2.75) is 47.5 Å². The van der Waals surface area contributed by atoms with E-state index in [0.29, 0.717) is 5.41 Å². The molecule has 0 atom stereocenters. The number of piperidine rings is 1. The third-order valence-electron chi connectivity index (χ3n) is 2.56. The minimum atomic E-state index is 0.530. The Morgan fingerprint density at radius 2 is 1.42 bits per heavy atom. The van der Waals surface area contributed by atoms with Crippen LogP contribution >= 0.6 is 0 Å². The van der Waals surface area contributed by atoms with Gasteiger partial charge in [0.1, 0.15) is 0 Å². The molecule has 0 unspecified atom stereocenters. The zero-order chi connectivity index (χ0) is 9.61. The predicted octanol–water partition coefficient (Wildman–Crippen LogP) is 3.06. The topological polar surface area (TPSA) is 12.0 Å². The molecule has 12 heavy (non-hydrogen) atoms. The molecule has 1 N–H and O–H groups in total. The van der Waals surface area contributed by atoms with Crippen LogP contribution in [-0.4, -0.2) is 13.1 Å². The number of hydrogen-bond acceptors (Lipinski definition) is 1. The Morgan fingerprint density at radius 3 is 1.67 bits per heavy atom. The molecule has 1 heteroatoms. The van der Waals surface area contributed by atoms with Crippen LogP contribution in [-0.2, 0) is 0 Å². The van der Waals surface area contributed by atoms with E-state index in [4.69, 9.17) is 0 Å². The molecule has 1 aliphatic heterocycles. The highest BCUT2D eigenvalue weighted by Crippen LogP contribution is 2.32. The first-order chi connectivity index (χ1) is 5.61. The Kier molecular flexibility index (Phi) is 5.56. The maximum Gasteiger partial charge on any atom is -0.00461 e. The molecule has 0 spiro atoms.